The number of rotatable bonds is 12. The Morgan fingerprint density at radius 3 is 1.92 bits per heavy atom. The lowest BCUT2D eigenvalue weighted by molar-refractivity contribution is -0.369. The van der Waals surface area contributed by atoms with Crippen LogP contribution in [0.4, 0.5) is 0 Å². The van der Waals surface area contributed by atoms with E-state index in [1.165, 1.54) is 0 Å². The molecule has 0 aromatic carbocycles. The van der Waals surface area contributed by atoms with E-state index in [4.69, 9.17) is 60.8 Å². The summed E-state index contributed by atoms with van der Waals surface area (Å²) in [6, 6.07) is 0. The average Bonchev–Trinajstić information content (AvgIpc) is 3.76. The van der Waals surface area contributed by atoms with Crippen LogP contribution in [0.15, 0.2) is 49.1 Å². The van der Waals surface area contributed by atoms with E-state index in [0.29, 0.717) is 69.8 Å². The molecular formula is C56H84O21S2. The van der Waals surface area contributed by atoms with Crippen molar-refractivity contribution in [2.75, 3.05) is 6.61 Å². The molecule has 0 aliphatic carbocycles. The number of hydrogen-bond donors (Lipinski definition) is 4. The number of aliphatic hydroxyl groups excluding tert-OH is 1. The number of hydrogen-bond acceptors (Lipinski definition) is 19. The van der Waals surface area contributed by atoms with Gasteiger partial charge < -0.3 is 62.3 Å². The van der Waals surface area contributed by atoms with Crippen LogP contribution in [0.1, 0.15) is 138 Å². The zero-order valence-electron chi connectivity index (χ0n) is 46.3. The Hall–Kier alpha value is -1.82. The summed E-state index contributed by atoms with van der Waals surface area (Å²) in [5.74, 6) is 0.0693. The maximum absolute atomic E-state index is 12.3. The highest BCUT2D eigenvalue weighted by Gasteiger charge is 2.65. The van der Waals surface area contributed by atoms with Crippen molar-refractivity contribution >= 4 is 20.8 Å². The Morgan fingerprint density at radius 1 is 0.696 bits per heavy atom. The lowest BCUT2D eigenvalue weighted by atomic mass is 9.73. The van der Waals surface area contributed by atoms with Gasteiger partial charge in [-0.05, 0) is 97.5 Å². The van der Waals surface area contributed by atoms with Crippen molar-refractivity contribution in [1.29, 1.82) is 0 Å². The van der Waals surface area contributed by atoms with Crippen molar-refractivity contribution in [2.24, 2.45) is 5.92 Å². The van der Waals surface area contributed by atoms with Gasteiger partial charge in [0, 0.05) is 44.9 Å². The molecule has 26 atom stereocenters. The van der Waals surface area contributed by atoms with Gasteiger partial charge in [0.2, 0.25) is 0 Å². The van der Waals surface area contributed by atoms with E-state index in [1.54, 1.807) is 32.1 Å². The Bertz CT molecular complexity index is 2560. The van der Waals surface area contributed by atoms with Gasteiger partial charge in [-0.15, -0.1) is 6.58 Å². The lowest BCUT2D eigenvalue weighted by Gasteiger charge is -2.61. The fraction of sp³-hybridized carbons (Fsp3) is 0.857. The highest BCUT2D eigenvalue weighted by Crippen LogP contribution is 2.54. The molecule has 0 radical (unpaired) electrons. The standard InChI is InChI=1S/C56H84O21S2/c1-10-12-29(2)13-17-52(5,58)51-31(4)21-40-39(72-51)27-47-56(9,75-40)50(57)49-43(71-47)25-42-48(73-49)30(3)14-18-54(7)45(70-42)28-44-55(8,77-54)19-15-32-33(69-44)22-35-34(66-32)23-36-37(67-35)24-41-38(68-36)26-46(76-79(62,63)64)53(6,74-41)16-11-20-65-78(59,60)61/h10,13,17,30,32-51,57-58H,1-2,4,11-12,14-16,18-28H2,3,5-9H3,(H,59,60,61)(H,62,63,64)/b17-13+/t30?,32?,33?,34?,35?,36?,37?,38?,39?,40?,41?,42?,43?,44?,45?,46-,47?,48?,49?,50+,51?,52+,53+,54?,55?,56?/m0/s1. The van der Waals surface area contributed by atoms with Gasteiger partial charge in [0.1, 0.15) is 35.6 Å². The molecule has 11 aliphatic rings. The predicted octanol–water partition coefficient (Wildman–Crippen LogP) is 5.45. The van der Waals surface area contributed by atoms with E-state index in [9.17, 15) is 31.6 Å². The molecule has 0 spiro atoms. The van der Waals surface area contributed by atoms with Gasteiger partial charge in [-0.2, -0.15) is 16.8 Å². The van der Waals surface area contributed by atoms with Gasteiger partial charge in [-0.3, -0.25) is 9.11 Å². The third kappa shape index (κ3) is 11.7. The molecule has 446 valence electrons. The molecule has 11 heterocycles. The van der Waals surface area contributed by atoms with Crippen molar-refractivity contribution in [2.45, 2.75) is 288 Å². The monoisotopic (exact) mass is 1160 g/mol. The molecule has 11 fully saturated rings. The van der Waals surface area contributed by atoms with E-state index < -0.39 is 116 Å². The van der Waals surface area contributed by atoms with Gasteiger partial charge in [0.25, 0.3) is 0 Å². The summed E-state index contributed by atoms with van der Waals surface area (Å²) in [6.07, 6.45) is 2.61. The van der Waals surface area contributed by atoms with Gasteiger partial charge in [0.15, 0.2) is 0 Å². The average molecular weight is 1160 g/mol. The molecule has 79 heavy (non-hydrogen) atoms. The first kappa shape index (κ1) is 58.9. The zero-order valence-corrected chi connectivity index (χ0v) is 48.0. The third-order valence-corrected chi connectivity index (χ3v) is 20.8. The molecule has 21 nitrogen and oxygen atoms in total. The first-order valence-electron chi connectivity index (χ1n) is 28.7. The summed E-state index contributed by atoms with van der Waals surface area (Å²) in [5.41, 5.74) is -3.54. The first-order valence-corrected chi connectivity index (χ1v) is 31.4. The Kier molecular flexibility index (Phi) is 16.1. The minimum absolute atomic E-state index is 0.0618. The summed E-state index contributed by atoms with van der Waals surface area (Å²) in [5, 5.41) is 24.0. The minimum Gasteiger partial charge on any atom is -0.387 e. The van der Waals surface area contributed by atoms with Gasteiger partial charge in [0.05, 0.1) is 121 Å². The Morgan fingerprint density at radius 2 is 1.27 bits per heavy atom. The number of allylic oxidation sites excluding steroid dienone is 3. The summed E-state index contributed by atoms with van der Waals surface area (Å²) >= 11 is 0. The van der Waals surface area contributed by atoms with Crippen LogP contribution in [0, 0.1) is 5.92 Å². The molecule has 0 amide bonds. The predicted molar refractivity (Wildman–Crippen MR) is 280 cm³/mol. The second kappa shape index (κ2) is 21.6. The first-order chi connectivity index (χ1) is 37.0. The van der Waals surface area contributed by atoms with Crippen LogP contribution in [0.2, 0.25) is 0 Å². The summed E-state index contributed by atoms with van der Waals surface area (Å²) in [4.78, 5) is 0. The molecule has 4 N–H and O–H groups in total. The molecule has 11 saturated heterocycles. The number of aliphatic hydroxyl groups is 2. The maximum Gasteiger partial charge on any atom is 0.397 e. The summed E-state index contributed by atoms with van der Waals surface area (Å²) in [6.45, 7) is 23.5. The van der Waals surface area contributed by atoms with Crippen molar-refractivity contribution < 1.29 is 96.6 Å². The van der Waals surface area contributed by atoms with Crippen molar-refractivity contribution in [1.82, 2.24) is 0 Å². The zero-order chi connectivity index (χ0) is 56.4. The highest BCUT2D eigenvalue weighted by molar-refractivity contribution is 7.81. The molecule has 0 aromatic heterocycles. The van der Waals surface area contributed by atoms with E-state index in [0.717, 1.165) is 18.4 Å². The molecule has 0 saturated carbocycles. The third-order valence-electron chi connectivity index (χ3n) is 19.8. The van der Waals surface area contributed by atoms with Crippen molar-refractivity contribution in [3.8, 4) is 0 Å². The van der Waals surface area contributed by atoms with Crippen LogP contribution in [0.5, 0.6) is 0 Å². The second-order valence-electron chi connectivity index (χ2n) is 25.9. The summed E-state index contributed by atoms with van der Waals surface area (Å²) < 4.78 is 151. The van der Waals surface area contributed by atoms with Crippen LogP contribution in [-0.4, -0.2) is 193 Å². The quantitative estimate of drug-likeness (QED) is 0.0819. The summed E-state index contributed by atoms with van der Waals surface area (Å²) in [7, 11) is -9.60. The lowest BCUT2D eigenvalue weighted by Crippen LogP contribution is -2.74. The van der Waals surface area contributed by atoms with Crippen LogP contribution < -0.4 is 0 Å². The maximum atomic E-state index is 12.3. The highest BCUT2D eigenvalue weighted by atomic mass is 32.3. The number of fused-ring (bicyclic) bond motifs is 10. The van der Waals surface area contributed by atoms with Crippen molar-refractivity contribution in [3.05, 3.63) is 49.1 Å². The topological polar surface area (TPSA) is 269 Å². The van der Waals surface area contributed by atoms with Crippen LogP contribution >= 0.6 is 0 Å². The minimum atomic E-state index is -4.91. The normalized spacial score (nSPS) is 50.5. The Labute approximate surface area is 465 Å². The molecule has 11 rings (SSSR count). The largest absolute Gasteiger partial charge is 0.397 e. The fourth-order valence-corrected chi connectivity index (χ4v) is 16.4. The number of ether oxygens (including phenoxy) is 11. The molecular weight excluding hydrogens is 1070 g/mol. The van der Waals surface area contributed by atoms with E-state index in [-0.39, 0.29) is 86.7 Å². The van der Waals surface area contributed by atoms with Crippen LogP contribution in [0.25, 0.3) is 0 Å². The Balaban J connectivity index is 0.745. The molecule has 0 bridgehead atoms. The van der Waals surface area contributed by atoms with E-state index >= 15 is 0 Å². The molecule has 23 heteroatoms. The van der Waals surface area contributed by atoms with Crippen molar-refractivity contribution in [3.63, 3.8) is 0 Å². The molecule has 11 aliphatic heterocycles. The second-order valence-corrected chi connectivity index (χ2v) is 28.0. The van der Waals surface area contributed by atoms with E-state index in [1.807, 2.05) is 6.92 Å². The van der Waals surface area contributed by atoms with Gasteiger partial charge >= 0.3 is 20.8 Å². The smallest absolute Gasteiger partial charge is 0.387 e. The molecule has 22 unspecified atom stereocenters. The van der Waals surface area contributed by atoms with Crippen LogP contribution in [0.3, 0.4) is 0 Å². The SMILES string of the molecule is C=CCC(=C)/C=C/[C@@](C)(O)C1OC2CC3OC4CC5OC6CC7OC8CC9OC%10CC%11O[C@](C)(CCCOS(=O)(=O)O)[C@@H](OS(=O)(=O)O)CC%11OC%10CC9OC8CCC7(C)OC6(C)CCC(C)C5OC4[C@@H](O)C3(C)OC2CC1=C. The fourth-order valence-electron chi connectivity index (χ4n) is 15.5. The van der Waals surface area contributed by atoms with Gasteiger partial charge in [-0.25, -0.2) is 8.37 Å². The van der Waals surface area contributed by atoms with E-state index in [2.05, 4.69) is 44.7 Å². The van der Waals surface area contributed by atoms with Crippen LogP contribution in [-0.2, 0) is 81.3 Å². The molecule has 0 aromatic rings. The van der Waals surface area contributed by atoms with Gasteiger partial charge in [-0.1, -0.05) is 43.9 Å².